The average Bonchev–Trinajstić information content (AvgIpc) is 2.68. The van der Waals surface area contributed by atoms with Crippen molar-refractivity contribution in [2.45, 2.75) is 13.0 Å². The summed E-state index contributed by atoms with van der Waals surface area (Å²) >= 11 is 0. The molecule has 0 radical (unpaired) electrons. The quantitative estimate of drug-likeness (QED) is 0.497. The second-order valence-electron chi connectivity index (χ2n) is 6.44. The van der Waals surface area contributed by atoms with Crippen LogP contribution in [0.1, 0.15) is 21.5 Å². The predicted octanol–water partition coefficient (Wildman–Crippen LogP) is 2.96. The molecule has 0 aliphatic carbocycles. The molecule has 3 aromatic carbocycles. The van der Waals surface area contributed by atoms with Gasteiger partial charge in [0.2, 0.25) is 5.91 Å². The molecule has 3 aromatic rings. The smallest absolute Gasteiger partial charge is 0.255 e. The maximum atomic E-state index is 12.3. The van der Waals surface area contributed by atoms with Gasteiger partial charge < -0.3 is 22.1 Å². The zero-order chi connectivity index (χ0) is 19.9. The third-order valence-electron chi connectivity index (χ3n) is 4.23. The van der Waals surface area contributed by atoms with Crippen molar-refractivity contribution < 1.29 is 9.59 Å². The fourth-order valence-corrected chi connectivity index (χ4v) is 2.73. The Balaban J connectivity index is 1.53. The highest BCUT2D eigenvalue weighted by atomic mass is 16.2. The molecule has 0 saturated carbocycles. The molecule has 28 heavy (non-hydrogen) atoms. The minimum Gasteiger partial charge on any atom is -0.399 e. The Morgan fingerprint density at radius 2 is 1.57 bits per heavy atom. The van der Waals surface area contributed by atoms with Crippen LogP contribution in [0, 0.1) is 0 Å². The van der Waals surface area contributed by atoms with E-state index >= 15 is 0 Å². The van der Waals surface area contributed by atoms with Gasteiger partial charge in [0.25, 0.3) is 5.91 Å². The van der Waals surface area contributed by atoms with Crippen molar-refractivity contribution in [3.05, 3.63) is 89.5 Å². The summed E-state index contributed by atoms with van der Waals surface area (Å²) in [5.74, 6) is -0.331. The topological polar surface area (TPSA) is 110 Å². The number of anilines is 3. The number of rotatable bonds is 6. The summed E-state index contributed by atoms with van der Waals surface area (Å²) in [7, 11) is 0. The number of benzene rings is 3. The summed E-state index contributed by atoms with van der Waals surface area (Å²) in [5, 5.41) is 5.65. The van der Waals surface area contributed by atoms with Crippen molar-refractivity contribution in [2.75, 3.05) is 16.8 Å². The van der Waals surface area contributed by atoms with Gasteiger partial charge in [-0.25, -0.2) is 0 Å². The highest BCUT2D eigenvalue weighted by Crippen LogP contribution is 2.18. The Hall–Kier alpha value is -3.80. The summed E-state index contributed by atoms with van der Waals surface area (Å²) in [5.41, 5.74) is 15.6. The molecular formula is C22H22N4O2. The number of carbonyl (C=O) groups excluding carboxylic acids is 2. The van der Waals surface area contributed by atoms with Crippen molar-refractivity contribution >= 4 is 28.9 Å². The lowest BCUT2D eigenvalue weighted by Gasteiger charge is -2.09. The number of nitrogens with one attached hydrogen (secondary N) is 2. The molecule has 0 aromatic heterocycles. The lowest BCUT2D eigenvalue weighted by Crippen LogP contribution is -2.24. The van der Waals surface area contributed by atoms with Crippen LogP contribution in [0.4, 0.5) is 17.1 Å². The minimum absolute atomic E-state index is 0.0908. The van der Waals surface area contributed by atoms with Crippen LogP contribution in [0.15, 0.2) is 72.8 Å². The summed E-state index contributed by atoms with van der Waals surface area (Å²) in [6, 6.07) is 21.4. The summed E-state index contributed by atoms with van der Waals surface area (Å²) in [6.45, 7) is 0.384. The van der Waals surface area contributed by atoms with Gasteiger partial charge in [-0.05, 0) is 47.5 Å². The lowest BCUT2D eigenvalue weighted by atomic mass is 10.1. The first-order chi connectivity index (χ1) is 13.5. The third kappa shape index (κ3) is 5.11. The second kappa shape index (κ2) is 8.73. The molecule has 0 unspecified atom stereocenters. The van der Waals surface area contributed by atoms with Gasteiger partial charge in [-0.2, -0.15) is 0 Å². The number of hydrogen-bond donors (Lipinski definition) is 4. The van der Waals surface area contributed by atoms with E-state index in [1.54, 1.807) is 42.5 Å². The molecule has 142 valence electrons. The zero-order valence-electron chi connectivity index (χ0n) is 15.3. The van der Waals surface area contributed by atoms with E-state index in [1.807, 2.05) is 30.3 Å². The average molecular weight is 374 g/mol. The first-order valence-corrected chi connectivity index (χ1v) is 8.87. The SMILES string of the molecule is Nc1cccc(CC(=O)NCc2ccc(C(=O)Nc3ccccc3N)cc2)c1. The van der Waals surface area contributed by atoms with E-state index in [4.69, 9.17) is 11.5 Å². The van der Waals surface area contributed by atoms with E-state index in [-0.39, 0.29) is 18.2 Å². The Labute approximate surface area is 163 Å². The highest BCUT2D eigenvalue weighted by Gasteiger charge is 2.08. The third-order valence-corrected chi connectivity index (χ3v) is 4.23. The molecule has 0 aliphatic rings. The van der Waals surface area contributed by atoms with Gasteiger partial charge in [-0.3, -0.25) is 9.59 Å². The second-order valence-corrected chi connectivity index (χ2v) is 6.44. The predicted molar refractivity (Wildman–Crippen MR) is 112 cm³/mol. The lowest BCUT2D eigenvalue weighted by molar-refractivity contribution is -0.120. The summed E-state index contributed by atoms with van der Waals surface area (Å²) in [6.07, 6.45) is 0.268. The molecule has 0 saturated heterocycles. The minimum atomic E-state index is -0.241. The Morgan fingerprint density at radius 1 is 0.821 bits per heavy atom. The molecule has 3 rings (SSSR count). The Bertz CT molecular complexity index is 984. The maximum absolute atomic E-state index is 12.3. The van der Waals surface area contributed by atoms with Crippen LogP contribution in [-0.2, 0) is 17.8 Å². The van der Waals surface area contributed by atoms with E-state index in [0.29, 0.717) is 29.2 Å². The van der Waals surface area contributed by atoms with Crippen molar-refractivity contribution in [3.63, 3.8) is 0 Å². The number of amides is 2. The molecule has 0 heterocycles. The van der Waals surface area contributed by atoms with Gasteiger partial charge in [0.05, 0.1) is 17.8 Å². The summed E-state index contributed by atoms with van der Waals surface area (Å²) in [4.78, 5) is 24.4. The van der Waals surface area contributed by atoms with Crippen LogP contribution in [0.5, 0.6) is 0 Å². The maximum Gasteiger partial charge on any atom is 0.255 e. The molecule has 0 bridgehead atoms. The van der Waals surface area contributed by atoms with Gasteiger partial charge in [0.15, 0.2) is 0 Å². The van der Waals surface area contributed by atoms with E-state index in [1.165, 1.54) is 0 Å². The monoisotopic (exact) mass is 374 g/mol. The zero-order valence-corrected chi connectivity index (χ0v) is 15.3. The number of hydrogen-bond acceptors (Lipinski definition) is 4. The van der Waals surface area contributed by atoms with Crippen LogP contribution in [0.3, 0.4) is 0 Å². The van der Waals surface area contributed by atoms with Crippen LogP contribution >= 0.6 is 0 Å². The van der Waals surface area contributed by atoms with Gasteiger partial charge in [0.1, 0.15) is 0 Å². The van der Waals surface area contributed by atoms with Gasteiger partial charge in [0, 0.05) is 17.8 Å². The van der Waals surface area contributed by atoms with E-state index in [9.17, 15) is 9.59 Å². The van der Waals surface area contributed by atoms with Crippen molar-refractivity contribution in [3.8, 4) is 0 Å². The molecule has 6 nitrogen and oxygen atoms in total. The Morgan fingerprint density at radius 3 is 2.29 bits per heavy atom. The van der Waals surface area contributed by atoms with Gasteiger partial charge in [-0.15, -0.1) is 0 Å². The molecule has 0 spiro atoms. The molecule has 0 aliphatic heterocycles. The Kier molecular flexibility index (Phi) is 5.91. The standard InChI is InChI=1S/C22H22N4O2/c23-18-5-3-4-16(12-18)13-21(27)25-14-15-8-10-17(11-9-15)22(28)26-20-7-2-1-6-19(20)24/h1-12H,13-14,23-24H2,(H,25,27)(H,26,28). The molecule has 0 atom stereocenters. The van der Waals surface area contributed by atoms with Crippen molar-refractivity contribution in [1.29, 1.82) is 0 Å². The fourth-order valence-electron chi connectivity index (χ4n) is 2.73. The molecule has 6 heteroatoms. The normalized spacial score (nSPS) is 10.3. The molecular weight excluding hydrogens is 352 g/mol. The molecule has 6 N–H and O–H groups in total. The molecule has 0 fully saturated rings. The first kappa shape index (κ1) is 19.0. The van der Waals surface area contributed by atoms with Crippen molar-refractivity contribution in [1.82, 2.24) is 5.32 Å². The number of nitrogen functional groups attached to an aromatic ring is 2. The van der Waals surface area contributed by atoms with E-state index < -0.39 is 0 Å². The van der Waals surface area contributed by atoms with Crippen LogP contribution in [0.2, 0.25) is 0 Å². The van der Waals surface area contributed by atoms with Gasteiger partial charge in [-0.1, -0.05) is 36.4 Å². The number of carbonyl (C=O) groups is 2. The van der Waals surface area contributed by atoms with E-state index in [2.05, 4.69) is 10.6 Å². The first-order valence-electron chi connectivity index (χ1n) is 8.87. The largest absolute Gasteiger partial charge is 0.399 e. The van der Waals surface area contributed by atoms with Crippen molar-refractivity contribution in [2.24, 2.45) is 0 Å². The van der Waals surface area contributed by atoms with Crippen LogP contribution < -0.4 is 22.1 Å². The highest BCUT2D eigenvalue weighted by molar-refractivity contribution is 6.05. The fraction of sp³-hybridized carbons (Fsp3) is 0.0909. The van der Waals surface area contributed by atoms with Gasteiger partial charge >= 0.3 is 0 Å². The van der Waals surface area contributed by atoms with E-state index in [0.717, 1.165) is 11.1 Å². The number of para-hydroxylation sites is 2. The summed E-state index contributed by atoms with van der Waals surface area (Å²) < 4.78 is 0. The van der Waals surface area contributed by atoms with Crippen LogP contribution in [0.25, 0.3) is 0 Å². The number of nitrogens with two attached hydrogens (primary N) is 2. The molecule has 2 amide bonds. The van der Waals surface area contributed by atoms with Crippen LogP contribution in [-0.4, -0.2) is 11.8 Å².